The summed E-state index contributed by atoms with van der Waals surface area (Å²) in [6, 6.07) is 4.12. The molecule has 7 heteroatoms. The maximum absolute atomic E-state index is 11.3. The van der Waals surface area contributed by atoms with E-state index in [0.29, 0.717) is 0 Å². The third-order valence-electron chi connectivity index (χ3n) is 2.32. The Morgan fingerprint density at radius 1 is 1.50 bits per heavy atom. The summed E-state index contributed by atoms with van der Waals surface area (Å²) in [6.07, 6.45) is -0.369. The fourth-order valence-corrected chi connectivity index (χ4v) is 2.10. The highest BCUT2D eigenvalue weighted by molar-refractivity contribution is 9.09. The first-order chi connectivity index (χ1) is 8.34. The van der Waals surface area contributed by atoms with Crippen LogP contribution in [0, 0.1) is 10.1 Å². The van der Waals surface area contributed by atoms with Crippen molar-refractivity contribution in [2.24, 2.45) is 0 Å². The molecule has 0 amide bonds. The third-order valence-corrected chi connectivity index (χ3v) is 3.42. The van der Waals surface area contributed by atoms with Crippen molar-refractivity contribution in [3.8, 4) is 0 Å². The lowest BCUT2D eigenvalue weighted by molar-refractivity contribution is -0.385. The molecule has 1 unspecified atom stereocenters. The number of nitro groups is 1. The minimum Gasteiger partial charge on any atom is -0.481 e. The van der Waals surface area contributed by atoms with Gasteiger partial charge in [-0.25, -0.2) is 0 Å². The van der Waals surface area contributed by atoms with Gasteiger partial charge in [0.15, 0.2) is 0 Å². The molecule has 0 radical (unpaired) electrons. The molecule has 0 bridgehead atoms. The van der Waals surface area contributed by atoms with Crippen molar-refractivity contribution in [3.05, 3.63) is 39.4 Å². The molecule has 6 nitrogen and oxygen atoms in total. The van der Waals surface area contributed by atoms with Crippen molar-refractivity contribution in [1.82, 2.24) is 0 Å². The van der Waals surface area contributed by atoms with E-state index in [1.54, 1.807) is 0 Å². The summed E-state index contributed by atoms with van der Waals surface area (Å²) in [5.74, 6) is -1.43. The van der Waals surface area contributed by atoms with Gasteiger partial charge in [0.05, 0.1) is 16.9 Å². The molecule has 1 atom stereocenters. The number of carbonyl (C=O) groups is 2. The lowest BCUT2D eigenvalue weighted by Gasteiger charge is -2.11. The zero-order valence-electron chi connectivity index (χ0n) is 9.42. The lowest BCUT2D eigenvalue weighted by Crippen LogP contribution is -2.11. The maximum atomic E-state index is 11.3. The van der Waals surface area contributed by atoms with Gasteiger partial charge in [-0.05, 0) is 12.5 Å². The first-order valence-corrected chi connectivity index (χ1v) is 5.88. The Labute approximate surface area is 111 Å². The number of nitrogens with zero attached hydrogens (tertiary/aromatic N) is 1. The average molecular weight is 316 g/mol. The van der Waals surface area contributed by atoms with E-state index in [4.69, 9.17) is 5.11 Å². The monoisotopic (exact) mass is 315 g/mol. The van der Waals surface area contributed by atoms with Gasteiger partial charge in [0, 0.05) is 6.07 Å². The lowest BCUT2D eigenvalue weighted by atomic mass is 9.98. The normalized spacial score (nSPS) is 11.9. The van der Waals surface area contributed by atoms with Crippen LogP contribution in [0.15, 0.2) is 18.2 Å². The van der Waals surface area contributed by atoms with Crippen molar-refractivity contribution in [3.63, 3.8) is 0 Å². The van der Waals surface area contributed by atoms with E-state index in [-0.39, 0.29) is 29.0 Å². The van der Waals surface area contributed by atoms with Crippen molar-refractivity contribution < 1.29 is 19.6 Å². The second-order valence-electron chi connectivity index (χ2n) is 3.65. The molecule has 0 fully saturated rings. The van der Waals surface area contributed by atoms with Gasteiger partial charge >= 0.3 is 5.97 Å². The number of carboxylic acids is 1. The van der Waals surface area contributed by atoms with Crippen LogP contribution in [0.4, 0.5) is 5.69 Å². The Kier molecular flexibility index (Phi) is 4.55. The van der Waals surface area contributed by atoms with Gasteiger partial charge in [-0.1, -0.05) is 28.1 Å². The summed E-state index contributed by atoms with van der Waals surface area (Å²) in [4.78, 5) is 31.5. The standard InChI is InChI=1S/C11H10BrNO5/c1-6(14)11(12)10-7(5-9(15)16)3-2-4-8(10)13(17)18/h2-4,11H,5H2,1H3,(H,15,16). The number of carbonyl (C=O) groups excluding carboxylic acids is 1. The number of benzene rings is 1. The molecule has 0 saturated heterocycles. The van der Waals surface area contributed by atoms with Gasteiger partial charge in [0.2, 0.25) is 0 Å². The van der Waals surface area contributed by atoms with E-state index in [1.807, 2.05) is 0 Å². The smallest absolute Gasteiger partial charge is 0.307 e. The van der Waals surface area contributed by atoms with Crippen molar-refractivity contribution in [2.75, 3.05) is 0 Å². The minimum absolute atomic E-state index is 0.109. The number of hydrogen-bond donors (Lipinski definition) is 1. The summed E-state index contributed by atoms with van der Waals surface area (Å²) in [5.41, 5.74) is 0.108. The molecule has 0 heterocycles. The van der Waals surface area contributed by atoms with Crippen LogP contribution in [0.25, 0.3) is 0 Å². The summed E-state index contributed by atoms with van der Waals surface area (Å²) in [7, 11) is 0. The molecule has 18 heavy (non-hydrogen) atoms. The highest BCUT2D eigenvalue weighted by Gasteiger charge is 2.27. The number of ketones is 1. The molecule has 1 aromatic carbocycles. The second kappa shape index (κ2) is 5.72. The molecule has 1 aromatic rings. The summed E-state index contributed by atoms with van der Waals surface area (Å²) >= 11 is 3.06. The number of nitro benzene ring substituents is 1. The number of hydrogen-bond acceptors (Lipinski definition) is 4. The predicted octanol–water partition coefficient (Wildman–Crippen LogP) is 2.25. The Bertz CT molecular complexity index is 514. The van der Waals surface area contributed by atoms with Crippen molar-refractivity contribution >= 4 is 33.4 Å². The maximum Gasteiger partial charge on any atom is 0.307 e. The highest BCUT2D eigenvalue weighted by Crippen LogP contribution is 2.34. The van der Waals surface area contributed by atoms with E-state index in [0.717, 1.165) is 0 Å². The molecule has 0 aliphatic heterocycles. The number of alkyl halides is 1. The molecule has 0 spiro atoms. The zero-order chi connectivity index (χ0) is 13.9. The Balaban J connectivity index is 3.42. The van der Waals surface area contributed by atoms with Gasteiger partial charge in [-0.2, -0.15) is 0 Å². The van der Waals surface area contributed by atoms with Crippen molar-refractivity contribution in [2.45, 2.75) is 18.2 Å². The van der Waals surface area contributed by atoms with Gasteiger partial charge in [-0.15, -0.1) is 0 Å². The Morgan fingerprint density at radius 2 is 2.11 bits per heavy atom. The number of carboxylic acid groups (broad SMARTS) is 1. The van der Waals surface area contributed by atoms with Gasteiger partial charge in [-0.3, -0.25) is 19.7 Å². The Morgan fingerprint density at radius 3 is 2.56 bits per heavy atom. The van der Waals surface area contributed by atoms with Gasteiger partial charge in [0.25, 0.3) is 5.69 Å². The highest BCUT2D eigenvalue weighted by atomic mass is 79.9. The summed E-state index contributed by atoms with van der Waals surface area (Å²) in [5, 5.41) is 19.7. The molecular formula is C11H10BrNO5. The summed E-state index contributed by atoms with van der Waals surface area (Å²) in [6.45, 7) is 1.28. The van der Waals surface area contributed by atoms with E-state index in [2.05, 4.69) is 15.9 Å². The van der Waals surface area contributed by atoms with Crippen LogP contribution in [0.1, 0.15) is 22.9 Å². The fraction of sp³-hybridized carbons (Fsp3) is 0.273. The predicted molar refractivity (Wildman–Crippen MR) is 66.8 cm³/mol. The van der Waals surface area contributed by atoms with Crippen LogP contribution in [-0.2, 0) is 16.0 Å². The molecule has 0 aliphatic carbocycles. The quantitative estimate of drug-likeness (QED) is 0.510. The van der Waals surface area contributed by atoms with Crippen LogP contribution >= 0.6 is 15.9 Å². The van der Waals surface area contributed by atoms with E-state index < -0.39 is 15.7 Å². The molecule has 0 aromatic heterocycles. The van der Waals surface area contributed by atoms with E-state index in [9.17, 15) is 19.7 Å². The average Bonchev–Trinajstić information content (AvgIpc) is 2.26. The topological polar surface area (TPSA) is 97.5 Å². The van der Waals surface area contributed by atoms with Gasteiger partial charge < -0.3 is 5.11 Å². The van der Waals surface area contributed by atoms with Crippen LogP contribution in [-0.4, -0.2) is 21.8 Å². The number of rotatable bonds is 5. The molecule has 0 saturated carbocycles. The molecule has 0 aliphatic rings. The third kappa shape index (κ3) is 3.13. The number of Topliss-reactive ketones (excluding diaryl/α,β-unsaturated/α-hetero) is 1. The van der Waals surface area contributed by atoms with E-state index >= 15 is 0 Å². The molecule has 96 valence electrons. The van der Waals surface area contributed by atoms with Crippen molar-refractivity contribution in [1.29, 1.82) is 0 Å². The zero-order valence-corrected chi connectivity index (χ0v) is 11.0. The second-order valence-corrected chi connectivity index (χ2v) is 4.57. The first kappa shape index (κ1) is 14.3. The van der Waals surface area contributed by atoms with E-state index in [1.165, 1.54) is 25.1 Å². The largest absolute Gasteiger partial charge is 0.481 e. The number of halogens is 1. The molecular weight excluding hydrogens is 306 g/mol. The first-order valence-electron chi connectivity index (χ1n) is 4.97. The minimum atomic E-state index is -1.11. The van der Waals surface area contributed by atoms with Crippen LogP contribution in [0.2, 0.25) is 0 Å². The molecule has 1 rings (SSSR count). The SMILES string of the molecule is CC(=O)C(Br)c1c(CC(=O)O)cccc1[N+](=O)[O-]. The summed E-state index contributed by atoms with van der Waals surface area (Å²) < 4.78 is 0. The Hall–Kier alpha value is -1.76. The van der Waals surface area contributed by atoms with Crippen LogP contribution < -0.4 is 0 Å². The molecule has 1 N–H and O–H groups in total. The number of aliphatic carboxylic acids is 1. The van der Waals surface area contributed by atoms with Crippen LogP contribution in [0.5, 0.6) is 0 Å². The van der Waals surface area contributed by atoms with Crippen LogP contribution in [0.3, 0.4) is 0 Å². The fourth-order valence-electron chi connectivity index (χ4n) is 1.57. The van der Waals surface area contributed by atoms with Gasteiger partial charge in [0.1, 0.15) is 10.6 Å².